The van der Waals surface area contributed by atoms with Crippen LogP contribution in [-0.4, -0.2) is 31.3 Å². The second kappa shape index (κ2) is 6.41. The third-order valence-electron chi connectivity index (χ3n) is 3.12. The molecule has 0 radical (unpaired) electrons. The molecule has 22 heavy (non-hydrogen) atoms. The van der Waals surface area contributed by atoms with E-state index in [1.165, 1.54) is 23.1 Å². The van der Waals surface area contributed by atoms with E-state index in [1.54, 1.807) is 12.4 Å². The van der Waals surface area contributed by atoms with E-state index in [2.05, 4.69) is 15.2 Å². The SMILES string of the molecule is Cc1ccc(C(=O)CSc2nnc(-c3ccncc3)n2C)s1. The fourth-order valence-corrected chi connectivity index (χ4v) is 3.67. The van der Waals surface area contributed by atoms with Crippen LogP contribution in [0.15, 0.2) is 41.8 Å². The molecule has 5 nitrogen and oxygen atoms in total. The van der Waals surface area contributed by atoms with Gasteiger partial charge >= 0.3 is 0 Å². The van der Waals surface area contributed by atoms with Crippen molar-refractivity contribution < 1.29 is 4.79 Å². The normalized spacial score (nSPS) is 10.8. The van der Waals surface area contributed by atoms with Gasteiger partial charge in [0, 0.05) is 29.9 Å². The van der Waals surface area contributed by atoms with Crippen LogP contribution in [0.25, 0.3) is 11.4 Å². The second-order valence-corrected chi connectivity index (χ2v) is 6.95. The van der Waals surface area contributed by atoms with Crippen molar-refractivity contribution in [1.29, 1.82) is 0 Å². The summed E-state index contributed by atoms with van der Waals surface area (Å²) in [6.07, 6.45) is 3.44. The molecule has 0 atom stereocenters. The van der Waals surface area contributed by atoms with E-state index in [0.29, 0.717) is 5.75 Å². The predicted octanol–water partition coefficient (Wildman–Crippen LogP) is 3.22. The van der Waals surface area contributed by atoms with Crippen LogP contribution in [0.2, 0.25) is 0 Å². The maximum absolute atomic E-state index is 12.1. The highest BCUT2D eigenvalue weighted by Gasteiger charge is 2.14. The molecule has 0 aliphatic heterocycles. The van der Waals surface area contributed by atoms with Crippen LogP contribution in [0.3, 0.4) is 0 Å². The van der Waals surface area contributed by atoms with Crippen LogP contribution >= 0.6 is 23.1 Å². The zero-order valence-corrected chi connectivity index (χ0v) is 13.8. The Labute approximate surface area is 136 Å². The minimum Gasteiger partial charge on any atom is -0.305 e. The lowest BCUT2D eigenvalue weighted by Crippen LogP contribution is -2.02. The molecule has 112 valence electrons. The monoisotopic (exact) mass is 330 g/mol. The fourth-order valence-electron chi connectivity index (χ4n) is 1.98. The van der Waals surface area contributed by atoms with E-state index in [-0.39, 0.29) is 5.78 Å². The molecule has 0 spiro atoms. The minimum atomic E-state index is 0.122. The van der Waals surface area contributed by atoms with Gasteiger partial charge in [0.2, 0.25) is 0 Å². The number of ketones is 1. The molecule has 0 fully saturated rings. The highest BCUT2D eigenvalue weighted by Crippen LogP contribution is 2.24. The van der Waals surface area contributed by atoms with Gasteiger partial charge in [-0.25, -0.2) is 0 Å². The third-order valence-corrected chi connectivity index (χ3v) is 5.18. The van der Waals surface area contributed by atoms with Crippen molar-refractivity contribution in [2.24, 2.45) is 7.05 Å². The Hall–Kier alpha value is -1.99. The Bertz CT molecular complexity index is 795. The van der Waals surface area contributed by atoms with E-state index in [9.17, 15) is 4.79 Å². The molecule has 0 aliphatic carbocycles. The van der Waals surface area contributed by atoms with E-state index < -0.39 is 0 Å². The van der Waals surface area contributed by atoms with Crippen LogP contribution in [0, 0.1) is 6.92 Å². The van der Waals surface area contributed by atoms with Crippen molar-refractivity contribution in [3.05, 3.63) is 46.4 Å². The molecular formula is C15H14N4OS2. The number of nitrogens with zero attached hydrogens (tertiary/aromatic N) is 4. The first-order chi connectivity index (χ1) is 10.6. The smallest absolute Gasteiger partial charge is 0.191 e. The van der Waals surface area contributed by atoms with Crippen LogP contribution in [0.5, 0.6) is 0 Å². The molecule has 7 heteroatoms. The summed E-state index contributed by atoms with van der Waals surface area (Å²) in [5, 5.41) is 9.10. The Morgan fingerprint density at radius 2 is 2.00 bits per heavy atom. The molecule has 0 saturated heterocycles. The number of aromatic nitrogens is 4. The lowest BCUT2D eigenvalue weighted by molar-refractivity contribution is 0.102. The molecule has 0 unspecified atom stereocenters. The maximum Gasteiger partial charge on any atom is 0.191 e. The number of Topliss-reactive ketones (excluding diaryl/α,β-unsaturated/α-hetero) is 1. The summed E-state index contributed by atoms with van der Waals surface area (Å²) in [6.45, 7) is 2.00. The van der Waals surface area contributed by atoms with Gasteiger partial charge in [-0.15, -0.1) is 21.5 Å². The van der Waals surface area contributed by atoms with E-state index >= 15 is 0 Å². The predicted molar refractivity (Wildman–Crippen MR) is 88.3 cm³/mol. The largest absolute Gasteiger partial charge is 0.305 e. The lowest BCUT2D eigenvalue weighted by Gasteiger charge is -2.03. The van der Waals surface area contributed by atoms with Crippen molar-refractivity contribution in [3.8, 4) is 11.4 Å². The number of carbonyl (C=O) groups is 1. The number of rotatable bonds is 5. The first kappa shape index (κ1) is 14.9. The highest BCUT2D eigenvalue weighted by molar-refractivity contribution is 7.99. The fraction of sp³-hybridized carbons (Fsp3) is 0.200. The third kappa shape index (κ3) is 3.10. The average Bonchev–Trinajstić information content (AvgIpc) is 3.12. The van der Waals surface area contributed by atoms with Gasteiger partial charge in [-0.2, -0.15) is 0 Å². The van der Waals surface area contributed by atoms with Crippen LogP contribution in [0.1, 0.15) is 14.5 Å². The first-order valence-electron chi connectivity index (χ1n) is 6.67. The Morgan fingerprint density at radius 3 is 2.68 bits per heavy atom. The number of hydrogen-bond donors (Lipinski definition) is 0. The van der Waals surface area contributed by atoms with Crippen molar-refractivity contribution in [2.75, 3.05) is 5.75 Å². The zero-order valence-electron chi connectivity index (χ0n) is 12.2. The number of hydrogen-bond acceptors (Lipinski definition) is 6. The number of carbonyl (C=O) groups excluding carboxylic acids is 1. The molecule has 0 amide bonds. The van der Waals surface area contributed by atoms with Crippen molar-refractivity contribution in [2.45, 2.75) is 12.1 Å². The van der Waals surface area contributed by atoms with Crippen molar-refractivity contribution in [1.82, 2.24) is 19.7 Å². The Morgan fingerprint density at radius 1 is 1.23 bits per heavy atom. The number of thioether (sulfide) groups is 1. The molecule has 3 rings (SSSR count). The van der Waals surface area contributed by atoms with Crippen LogP contribution in [0.4, 0.5) is 0 Å². The molecular weight excluding hydrogens is 316 g/mol. The van der Waals surface area contributed by atoms with E-state index in [0.717, 1.165) is 26.3 Å². The Balaban J connectivity index is 1.72. The van der Waals surface area contributed by atoms with E-state index in [4.69, 9.17) is 0 Å². The zero-order chi connectivity index (χ0) is 15.5. The van der Waals surface area contributed by atoms with Gasteiger partial charge in [-0.3, -0.25) is 9.78 Å². The van der Waals surface area contributed by atoms with Gasteiger partial charge in [0.05, 0.1) is 10.6 Å². The summed E-state index contributed by atoms with van der Waals surface area (Å²) in [4.78, 5) is 18.1. The van der Waals surface area contributed by atoms with Gasteiger partial charge in [-0.1, -0.05) is 11.8 Å². The second-order valence-electron chi connectivity index (χ2n) is 4.72. The molecule has 0 saturated carbocycles. The van der Waals surface area contributed by atoms with Crippen molar-refractivity contribution >= 4 is 28.9 Å². The van der Waals surface area contributed by atoms with Gasteiger partial charge in [0.25, 0.3) is 0 Å². The topological polar surface area (TPSA) is 60.7 Å². The minimum absolute atomic E-state index is 0.122. The molecule has 0 aliphatic rings. The first-order valence-corrected chi connectivity index (χ1v) is 8.47. The standard InChI is InChI=1S/C15H14N4OS2/c1-10-3-4-13(22-10)12(20)9-21-15-18-17-14(19(15)2)11-5-7-16-8-6-11/h3-8H,9H2,1-2H3. The Kier molecular flexibility index (Phi) is 4.35. The highest BCUT2D eigenvalue weighted by atomic mass is 32.2. The van der Waals surface area contributed by atoms with Crippen molar-refractivity contribution in [3.63, 3.8) is 0 Å². The number of pyridine rings is 1. The van der Waals surface area contributed by atoms with Gasteiger partial charge in [0.1, 0.15) is 0 Å². The average molecular weight is 330 g/mol. The van der Waals surface area contributed by atoms with Crippen LogP contribution < -0.4 is 0 Å². The molecule has 3 aromatic rings. The van der Waals surface area contributed by atoms with Gasteiger partial charge in [0.15, 0.2) is 16.8 Å². The summed E-state index contributed by atoms with van der Waals surface area (Å²) in [5.41, 5.74) is 0.956. The molecule has 0 bridgehead atoms. The van der Waals surface area contributed by atoms with Gasteiger partial charge < -0.3 is 4.57 Å². The molecule has 0 aromatic carbocycles. The number of aryl methyl sites for hydroxylation is 1. The quantitative estimate of drug-likeness (QED) is 0.531. The number of thiophene rings is 1. The molecule has 3 heterocycles. The van der Waals surface area contributed by atoms with Gasteiger partial charge in [-0.05, 0) is 31.2 Å². The van der Waals surface area contributed by atoms with Crippen LogP contribution in [-0.2, 0) is 7.05 Å². The lowest BCUT2D eigenvalue weighted by atomic mass is 10.2. The molecule has 3 aromatic heterocycles. The summed E-state index contributed by atoms with van der Waals surface area (Å²) in [6, 6.07) is 7.62. The maximum atomic E-state index is 12.1. The summed E-state index contributed by atoms with van der Waals surface area (Å²) in [5.74, 6) is 1.25. The van der Waals surface area contributed by atoms with E-state index in [1.807, 2.05) is 42.8 Å². The summed E-state index contributed by atoms with van der Waals surface area (Å²) in [7, 11) is 1.90. The molecule has 0 N–H and O–H groups in total. The summed E-state index contributed by atoms with van der Waals surface area (Å²) < 4.78 is 1.90. The summed E-state index contributed by atoms with van der Waals surface area (Å²) >= 11 is 2.93.